The van der Waals surface area contributed by atoms with Crippen molar-refractivity contribution in [3.8, 4) is 0 Å². The fraction of sp³-hybridized carbons (Fsp3) is 0.537. The summed E-state index contributed by atoms with van der Waals surface area (Å²) in [6.45, 7) is 9.89. The van der Waals surface area contributed by atoms with Gasteiger partial charge in [0.15, 0.2) is 0 Å². The molecule has 5 aromatic rings. The minimum absolute atomic E-state index is 0.0792. The van der Waals surface area contributed by atoms with E-state index in [1.54, 1.807) is 16.7 Å². The molecular formula is C54H70N12O6S2. The van der Waals surface area contributed by atoms with E-state index in [1.165, 1.54) is 16.7 Å². The lowest BCUT2D eigenvalue weighted by molar-refractivity contribution is -0.132. The number of methoxy groups -OCH3 is 1. The summed E-state index contributed by atoms with van der Waals surface area (Å²) in [5.74, 6) is 4.57. The molecule has 2 amide bonds. The predicted octanol–water partition coefficient (Wildman–Crippen LogP) is 5.71. The van der Waals surface area contributed by atoms with Crippen LogP contribution in [0.25, 0.3) is 0 Å². The van der Waals surface area contributed by atoms with Crippen LogP contribution in [0.3, 0.4) is 0 Å². The quantitative estimate of drug-likeness (QED) is 0.137. The van der Waals surface area contributed by atoms with Gasteiger partial charge < -0.3 is 40.1 Å². The lowest BCUT2D eigenvalue weighted by Gasteiger charge is -2.41. The first-order valence-corrected chi connectivity index (χ1v) is 28.9. The number of nitrogens with one attached hydrogen (secondary N) is 3. The number of amides is 2. The second-order valence-corrected chi connectivity index (χ2v) is 23.6. The van der Waals surface area contributed by atoms with Crippen molar-refractivity contribution in [1.29, 1.82) is 0 Å². The molecule has 3 atom stereocenters. The molecule has 4 fully saturated rings. The Kier molecular flexibility index (Phi) is 15.7. The minimum atomic E-state index is -1.09. The first-order valence-electron chi connectivity index (χ1n) is 26.3. The number of likely N-dealkylation sites (N-methyl/N-ethyl adjacent to an activating group) is 1. The average molecular weight is 1050 g/mol. The van der Waals surface area contributed by atoms with Crippen molar-refractivity contribution in [1.82, 2.24) is 39.9 Å². The topological polar surface area (TPSA) is 202 Å². The Bertz CT molecular complexity index is 2880. The number of fused-ring (bicyclic) bond motifs is 2. The normalized spacial score (nSPS) is 21.9. The Morgan fingerprint density at radius 3 is 1.92 bits per heavy atom. The molecule has 6 aliphatic rings. The van der Waals surface area contributed by atoms with Crippen LogP contribution in [-0.2, 0) is 67.9 Å². The van der Waals surface area contributed by atoms with Crippen LogP contribution in [0.4, 0.5) is 23.5 Å². The minimum Gasteiger partial charge on any atom is -0.381 e. The van der Waals surface area contributed by atoms with Crippen molar-refractivity contribution in [2.45, 2.75) is 118 Å². The molecule has 4 saturated heterocycles. The molecule has 3 N–H and O–H groups in total. The molecule has 2 unspecified atom stereocenters. The van der Waals surface area contributed by atoms with Crippen molar-refractivity contribution in [3.05, 3.63) is 99.6 Å². The number of rotatable bonds is 12. The summed E-state index contributed by atoms with van der Waals surface area (Å²) >= 11 is 0. The zero-order valence-corrected chi connectivity index (χ0v) is 45.0. The number of ether oxygens (including phenoxy) is 2. The molecule has 3 aromatic heterocycles. The number of hydrogen-bond acceptors (Lipinski definition) is 15. The van der Waals surface area contributed by atoms with Gasteiger partial charge in [-0.2, -0.15) is 15.1 Å². The molecule has 9 heterocycles. The summed E-state index contributed by atoms with van der Waals surface area (Å²) in [6, 6.07) is 17.0. The maximum atomic E-state index is 12.7. The number of anilines is 4. The lowest BCUT2D eigenvalue weighted by atomic mass is 9.84. The largest absolute Gasteiger partial charge is 0.381 e. The first kappa shape index (κ1) is 51.6. The Morgan fingerprint density at radius 2 is 1.35 bits per heavy atom. The molecule has 0 spiro atoms. The van der Waals surface area contributed by atoms with Crippen LogP contribution < -0.4 is 25.8 Å². The summed E-state index contributed by atoms with van der Waals surface area (Å²) < 4.78 is 38.8. The lowest BCUT2D eigenvalue weighted by Crippen LogP contribution is -2.45. The third kappa shape index (κ3) is 11.4. The van der Waals surface area contributed by atoms with Crippen LogP contribution in [-0.4, -0.2) is 139 Å². The van der Waals surface area contributed by atoms with Crippen molar-refractivity contribution < 1.29 is 27.5 Å². The molecule has 394 valence electrons. The molecule has 74 heavy (non-hydrogen) atoms. The summed E-state index contributed by atoms with van der Waals surface area (Å²) in [7, 11) is 3.37. The Morgan fingerprint density at radius 1 is 0.757 bits per heavy atom. The highest BCUT2D eigenvalue weighted by atomic mass is 32.2. The second-order valence-electron chi connectivity index (χ2n) is 20.6. The van der Waals surface area contributed by atoms with Gasteiger partial charge in [0.05, 0.1) is 44.3 Å². The van der Waals surface area contributed by atoms with Gasteiger partial charge in [-0.05, 0) is 88.0 Å². The summed E-state index contributed by atoms with van der Waals surface area (Å²) in [6.07, 6.45) is 10.2. The molecular weight excluding hydrogens is 977 g/mol. The van der Waals surface area contributed by atoms with E-state index < -0.39 is 21.6 Å². The van der Waals surface area contributed by atoms with Crippen LogP contribution in [0.1, 0.15) is 107 Å². The molecule has 0 bridgehead atoms. The standard InChI is InChI=1S/C29H37N7O3S.C25H33N5O3S/c1-19-23(18-35(2)34-19)17-30-28(37)22-5-3-20(4-6-22)21-7-12-36(13-8-21)29-32-25-11-16-40(38)26(25)27(33-29)31-24-9-14-39-15-10-24;1-17-4-6-18(7-5-17)25(33-3)11-13-30(14-12-25)24-27-20-10-15-34(32)22(20)23(28-24)26-19-8-9-21(31)29(2)16-19/h3-6,18,21,24H,7-17H2,1-2H3,(H,30,37)(H,31,32,33);4-7,19H,8-16H2,1-3H3,(H,26,27,28)/t;19-,34?/m.0/s1. The van der Waals surface area contributed by atoms with Gasteiger partial charge in [0, 0.05) is 134 Å². The highest BCUT2D eigenvalue weighted by Crippen LogP contribution is 2.39. The predicted molar refractivity (Wildman–Crippen MR) is 287 cm³/mol. The van der Waals surface area contributed by atoms with Gasteiger partial charge >= 0.3 is 0 Å². The Balaban J connectivity index is 0.000000172. The van der Waals surface area contributed by atoms with Crippen LogP contribution in [0.15, 0.2) is 64.5 Å². The van der Waals surface area contributed by atoms with Gasteiger partial charge in [0.2, 0.25) is 17.8 Å². The summed E-state index contributed by atoms with van der Waals surface area (Å²) in [4.78, 5) is 51.8. The summed E-state index contributed by atoms with van der Waals surface area (Å²) in [5, 5.41) is 14.4. The third-order valence-corrected chi connectivity index (χ3v) is 18.6. The van der Waals surface area contributed by atoms with E-state index in [2.05, 4.69) is 74.2 Å². The number of aromatic nitrogens is 6. The van der Waals surface area contributed by atoms with Crippen molar-refractivity contribution in [2.24, 2.45) is 7.05 Å². The van der Waals surface area contributed by atoms with Gasteiger partial charge in [-0.25, -0.2) is 9.97 Å². The van der Waals surface area contributed by atoms with Gasteiger partial charge in [0.25, 0.3) is 5.91 Å². The molecule has 11 rings (SSSR count). The zero-order valence-electron chi connectivity index (χ0n) is 43.4. The first-order chi connectivity index (χ1) is 35.8. The van der Waals surface area contributed by atoms with Crippen LogP contribution in [0.2, 0.25) is 0 Å². The van der Waals surface area contributed by atoms with Crippen LogP contribution >= 0.6 is 0 Å². The van der Waals surface area contributed by atoms with Crippen molar-refractivity contribution >= 4 is 56.9 Å². The molecule has 0 saturated carbocycles. The monoisotopic (exact) mass is 1050 g/mol. The van der Waals surface area contributed by atoms with E-state index in [0.29, 0.717) is 60.7 Å². The maximum absolute atomic E-state index is 12.7. The van der Waals surface area contributed by atoms with Gasteiger partial charge in [-0.3, -0.25) is 22.7 Å². The number of carbonyl (C=O) groups excluding carboxylic acids is 2. The maximum Gasteiger partial charge on any atom is 0.251 e. The second kappa shape index (κ2) is 22.6. The SMILES string of the molecule is COC1(c2ccc(C)cc2)CCN(c2nc3c(c(N[C@H]4CCC(=O)N(C)C4)n2)S(=O)CC3)CC1.Cc1nn(C)cc1CNC(=O)c1ccc(C2CCN(c3nc4c(c(NC5CCOCC5)n3)S(=O)CC4)CC2)cc1. The molecule has 0 aliphatic carbocycles. The van der Waals surface area contributed by atoms with Crippen molar-refractivity contribution in [3.63, 3.8) is 0 Å². The fourth-order valence-corrected chi connectivity index (χ4v) is 13.8. The smallest absolute Gasteiger partial charge is 0.251 e. The van der Waals surface area contributed by atoms with E-state index in [-0.39, 0.29) is 29.5 Å². The number of piperidine rings is 3. The summed E-state index contributed by atoms with van der Waals surface area (Å²) in [5.41, 5.74) is 7.82. The van der Waals surface area contributed by atoms with Crippen LogP contribution in [0, 0.1) is 13.8 Å². The van der Waals surface area contributed by atoms with E-state index in [4.69, 9.17) is 29.4 Å². The van der Waals surface area contributed by atoms with Gasteiger partial charge in [0.1, 0.15) is 21.4 Å². The average Bonchev–Trinajstić information content (AvgIpc) is 4.11. The molecule has 2 aromatic carbocycles. The number of hydrogen-bond donors (Lipinski definition) is 3. The highest BCUT2D eigenvalue weighted by molar-refractivity contribution is 7.85. The van der Waals surface area contributed by atoms with E-state index in [0.717, 1.165) is 135 Å². The molecule has 18 nitrogen and oxygen atoms in total. The zero-order chi connectivity index (χ0) is 51.5. The number of likely N-dealkylation sites (tertiary alicyclic amines) is 1. The Labute approximate surface area is 439 Å². The molecule has 6 aliphatic heterocycles. The molecule has 20 heteroatoms. The molecule has 0 radical (unpaired) electrons. The highest BCUT2D eigenvalue weighted by Gasteiger charge is 2.38. The van der Waals surface area contributed by atoms with Crippen LogP contribution in [0.5, 0.6) is 0 Å². The number of carbonyl (C=O) groups is 2. The van der Waals surface area contributed by atoms with E-state index in [9.17, 15) is 18.0 Å². The Hall–Kier alpha value is -5.83. The number of nitrogens with zero attached hydrogens (tertiary/aromatic N) is 9. The van der Waals surface area contributed by atoms with E-state index in [1.807, 2.05) is 39.3 Å². The van der Waals surface area contributed by atoms with Gasteiger partial charge in [-0.15, -0.1) is 0 Å². The fourth-order valence-electron chi connectivity index (χ4n) is 11.2. The number of benzene rings is 2. The number of aryl methyl sites for hydroxylation is 5. The third-order valence-electron chi connectivity index (χ3n) is 15.7. The van der Waals surface area contributed by atoms with Gasteiger partial charge in [-0.1, -0.05) is 42.0 Å². The van der Waals surface area contributed by atoms with Crippen molar-refractivity contribution in [2.75, 3.05) is 92.0 Å². The van der Waals surface area contributed by atoms with E-state index >= 15 is 0 Å².